The normalized spacial score (nSPS) is 19.9. The van der Waals surface area contributed by atoms with Gasteiger partial charge >= 0.3 is 0 Å². The summed E-state index contributed by atoms with van der Waals surface area (Å²) in [4.78, 5) is 16.1. The summed E-state index contributed by atoms with van der Waals surface area (Å²) in [5, 5.41) is 2.78. The molecule has 1 aromatic carbocycles. The lowest BCUT2D eigenvalue weighted by Crippen LogP contribution is -2.35. The molecule has 116 valence electrons. The molecule has 1 N–H and O–H groups in total. The number of rotatable bonds is 4. The molecule has 0 spiro atoms. The fraction of sp³-hybridized carbons (Fsp3) is 0.333. The van der Waals surface area contributed by atoms with E-state index in [9.17, 15) is 13.2 Å². The van der Waals surface area contributed by atoms with Crippen LogP contribution in [-0.4, -0.2) is 41.4 Å². The van der Waals surface area contributed by atoms with E-state index in [-0.39, 0.29) is 23.5 Å². The summed E-state index contributed by atoms with van der Waals surface area (Å²) in [7, 11) is -2.98. The summed E-state index contributed by atoms with van der Waals surface area (Å²) >= 11 is 0. The second-order valence-electron chi connectivity index (χ2n) is 5.51. The third-order valence-corrected chi connectivity index (χ3v) is 5.48. The number of aromatic nitrogens is 2. The maximum Gasteiger partial charge on any atom is 0.251 e. The van der Waals surface area contributed by atoms with E-state index < -0.39 is 9.84 Å². The molecule has 2 heterocycles. The van der Waals surface area contributed by atoms with Gasteiger partial charge in [-0.3, -0.25) is 4.79 Å². The lowest BCUT2D eigenvalue weighted by atomic mass is 10.1. The van der Waals surface area contributed by atoms with Gasteiger partial charge in [-0.25, -0.2) is 13.4 Å². The summed E-state index contributed by atoms with van der Waals surface area (Å²) in [6.07, 6.45) is 5.83. The number of carbonyl (C=O) groups excluding carboxylic acids is 1. The van der Waals surface area contributed by atoms with Crippen molar-refractivity contribution in [3.63, 3.8) is 0 Å². The zero-order valence-corrected chi connectivity index (χ0v) is 12.8. The van der Waals surface area contributed by atoms with Crippen LogP contribution in [0.15, 0.2) is 43.0 Å². The van der Waals surface area contributed by atoms with Gasteiger partial charge in [0.2, 0.25) is 0 Å². The molecule has 0 radical (unpaired) electrons. The second-order valence-corrected chi connectivity index (χ2v) is 7.73. The largest absolute Gasteiger partial charge is 0.348 e. The zero-order chi connectivity index (χ0) is 15.6. The van der Waals surface area contributed by atoms with Crippen LogP contribution in [0.2, 0.25) is 0 Å². The Bertz CT molecular complexity index is 752. The topological polar surface area (TPSA) is 81.1 Å². The standard InChI is InChI=1S/C15H17N3O3S/c19-15(17-14-5-8-22(20,21)10-14)13-3-1-12(2-4-13)9-18-7-6-16-11-18/h1-4,6-7,11,14H,5,8-10H2,(H,17,19)/t14-/m1/s1. The van der Waals surface area contributed by atoms with Crippen molar-refractivity contribution in [2.45, 2.75) is 19.0 Å². The smallest absolute Gasteiger partial charge is 0.251 e. The van der Waals surface area contributed by atoms with Crippen LogP contribution in [0.3, 0.4) is 0 Å². The zero-order valence-electron chi connectivity index (χ0n) is 12.0. The molecule has 0 aliphatic carbocycles. The lowest BCUT2D eigenvalue weighted by molar-refractivity contribution is 0.0941. The van der Waals surface area contributed by atoms with Gasteiger partial charge in [-0.05, 0) is 24.1 Å². The number of hydrogen-bond acceptors (Lipinski definition) is 4. The molecule has 2 aromatic rings. The third-order valence-electron chi connectivity index (χ3n) is 3.71. The third kappa shape index (κ3) is 3.54. The Labute approximate surface area is 129 Å². The summed E-state index contributed by atoms with van der Waals surface area (Å²) < 4.78 is 24.7. The molecule has 0 unspecified atom stereocenters. The Kier molecular flexibility index (Phi) is 3.98. The fourth-order valence-corrected chi connectivity index (χ4v) is 4.20. The predicted octanol–water partition coefficient (Wildman–Crippen LogP) is 0.848. The van der Waals surface area contributed by atoms with E-state index in [4.69, 9.17) is 0 Å². The molecular weight excluding hydrogens is 302 g/mol. The highest BCUT2D eigenvalue weighted by Gasteiger charge is 2.29. The second kappa shape index (κ2) is 5.92. The Balaban J connectivity index is 1.61. The van der Waals surface area contributed by atoms with Crippen LogP contribution in [0.4, 0.5) is 0 Å². The molecular formula is C15H17N3O3S. The van der Waals surface area contributed by atoms with Gasteiger partial charge < -0.3 is 9.88 Å². The first-order chi connectivity index (χ1) is 10.5. The fourth-order valence-electron chi connectivity index (χ4n) is 2.53. The summed E-state index contributed by atoms with van der Waals surface area (Å²) in [6.45, 7) is 0.697. The van der Waals surface area contributed by atoms with Crippen molar-refractivity contribution in [3.05, 3.63) is 54.1 Å². The average Bonchev–Trinajstić information content (AvgIpc) is 3.09. The molecule has 0 bridgehead atoms. The number of nitrogens with one attached hydrogen (secondary N) is 1. The predicted molar refractivity (Wildman–Crippen MR) is 82.3 cm³/mol. The van der Waals surface area contributed by atoms with Crippen molar-refractivity contribution >= 4 is 15.7 Å². The van der Waals surface area contributed by atoms with E-state index in [0.29, 0.717) is 18.5 Å². The van der Waals surface area contributed by atoms with Crippen molar-refractivity contribution in [2.24, 2.45) is 0 Å². The molecule has 1 fully saturated rings. The minimum atomic E-state index is -2.98. The molecule has 1 saturated heterocycles. The Morgan fingerprint density at radius 3 is 2.68 bits per heavy atom. The van der Waals surface area contributed by atoms with Crippen molar-refractivity contribution < 1.29 is 13.2 Å². The number of sulfone groups is 1. The van der Waals surface area contributed by atoms with Crippen LogP contribution in [0, 0.1) is 0 Å². The van der Waals surface area contributed by atoms with E-state index in [1.54, 1.807) is 24.7 Å². The highest BCUT2D eigenvalue weighted by atomic mass is 32.2. The average molecular weight is 319 g/mol. The van der Waals surface area contributed by atoms with Gasteiger partial charge in [0.05, 0.1) is 17.8 Å². The molecule has 1 aliphatic heterocycles. The van der Waals surface area contributed by atoms with Crippen LogP contribution in [0.25, 0.3) is 0 Å². The van der Waals surface area contributed by atoms with Gasteiger partial charge in [-0.2, -0.15) is 0 Å². The van der Waals surface area contributed by atoms with Crippen LogP contribution < -0.4 is 5.32 Å². The van der Waals surface area contributed by atoms with Gasteiger partial charge in [0.1, 0.15) is 0 Å². The number of hydrogen-bond donors (Lipinski definition) is 1. The summed E-state index contributed by atoms with van der Waals surface area (Å²) in [6, 6.07) is 7.01. The van der Waals surface area contributed by atoms with Gasteiger partial charge in [0.15, 0.2) is 9.84 Å². The quantitative estimate of drug-likeness (QED) is 0.906. The Morgan fingerprint density at radius 2 is 2.09 bits per heavy atom. The molecule has 6 nitrogen and oxygen atoms in total. The minimum absolute atomic E-state index is 0.0391. The maximum absolute atomic E-state index is 12.1. The van der Waals surface area contributed by atoms with E-state index in [1.165, 1.54) is 0 Å². The number of benzene rings is 1. The van der Waals surface area contributed by atoms with E-state index in [2.05, 4.69) is 10.3 Å². The first-order valence-corrected chi connectivity index (χ1v) is 8.90. The van der Waals surface area contributed by atoms with Gasteiger partial charge in [-0.15, -0.1) is 0 Å². The van der Waals surface area contributed by atoms with E-state index in [1.807, 2.05) is 22.9 Å². The van der Waals surface area contributed by atoms with Crippen LogP contribution in [0.1, 0.15) is 22.3 Å². The molecule has 1 amide bonds. The molecule has 1 atom stereocenters. The van der Waals surface area contributed by atoms with E-state index >= 15 is 0 Å². The number of nitrogens with zero attached hydrogens (tertiary/aromatic N) is 2. The molecule has 7 heteroatoms. The Hall–Kier alpha value is -2.15. The Morgan fingerprint density at radius 1 is 1.32 bits per heavy atom. The van der Waals surface area contributed by atoms with Crippen molar-refractivity contribution in [1.29, 1.82) is 0 Å². The number of carbonyl (C=O) groups is 1. The summed E-state index contributed by atoms with van der Waals surface area (Å²) in [5.74, 6) is -0.0320. The monoisotopic (exact) mass is 319 g/mol. The van der Waals surface area contributed by atoms with Gasteiger partial charge in [0.25, 0.3) is 5.91 Å². The highest BCUT2D eigenvalue weighted by Crippen LogP contribution is 2.13. The molecule has 0 saturated carbocycles. The van der Waals surface area contributed by atoms with Crippen LogP contribution in [0.5, 0.6) is 0 Å². The summed E-state index contributed by atoms with van der Waals surface area (Å²) in [5.41, 5.74) is 1.61. The number of imidazole rings is 1. The first kappa shape index (κ1) is 14.8. The van der Waals surface area contributed by atoms with Crippen molar-refractivity contribution in [1.82, 2.24) is 14.9 Å². The SMILES string of the molecule is O=C(N[C@@H]1CCS(=O)(=O)C1)c1ccc(Cn2ccnc2)cc1. The number of amides is 1. The van der Waals surface area contributed by atoms with E-state index in [0.717, 1.165) is 5.56 Å². The maximum atomic E-state index is 12.1. The minimum Gasteiger partial charge on any atom is -0.348 e. The molecule has 1 aromatic heterocycles. The highest BCUT2D eigenvalue weighted by molar-refractivity contribution is 7.91. The molecule has 22 heavy (non-hydrogen) atoms. The molecule has 1 aliphatic rings. The van der Waals surface area contributed by atoms with Crippen LogP contribution >= 0.6 is 0 Å². The van der Waals surface area contributed by atoms with Crippen LogP contribution in [-0.2, 0) is 16.4 Å². The first-order valence-electron chi connectivity index (χ1n) is 7.08. The van der Waals surface area contributed by atoms with Crippen molar-refractivity contribution in [2.75, 3.05) is 11.5 Å². The lowest BCUT2D eigenvalue weighted by Gasteiger charge is -2.11. The van der Waals surface area contributed by atoms with Crippen molar-refractivity contribution in [3.8, 4) is 0 Å². The molecule has 3 rings (SSSR count). The van der Waals surface area contributed by atoms with Gasteiger partial charge in [0, 0.05) is 30.5 Å². The van der Waals surface area contributed by atoms with Gasteiger partial charge in [-0.1, -0.05) is 12.1 Å².